The molecule has 0 heterocycles. The number of rotatable bonds is 10. The SMILES string of the molecule is CCOCCCNCC(C)OCc1ccccc1Cl. The van der Waals surface area contributed by atoms with Crippen LogP contribution in [0, 0.1) is 0 Å². The third-order valence-electron chi connectivity index (χ3n) is 2.76. The van der Waals surface area contributed by atoms with Crippen LogP contribution in [0.3, 0.4) is 0 Å². The topological polar surface area (TPSA) is 30.5 Å². The normalized spacial score (nSPS) is 12.6. The Morgan fingerprint density at radius 3 is 2.84 bits per heavy atom. The van der Waals surface area contributed by atoms with Crippen LogP contribution in [0.2, 0.25) is 5.02 Å². The molecule has 1 N–H and O–H groups in total. The summed E-state index contributed by atoms with van der Waals surface area (Å²) in [7, 11) is 0. The Labute approximate surface area is 121 Å². The Hall–Kier alpha value is -0.610. The van der Waals surface area contributed by atoms with E-state index >= 15 is 0 Å². The second kappa shape index (κ2) is 10.2. The van der Waals surface area contributed by atoms with E-state index < -0.39 is 0 Å². The first-order chi connectivity index (χ1) is 9.24. The minimum absolute atomic E-state index is 0.170. The smallest absolute Gasteiger partial charge is 0.0735 e. The van der Waals surface area contributed by atoms with Gasteiger partial charge < -0.3 is 14.8 Å². The summed E-state index contributed by atoms with van der Waals surface area (Å²) in [6, 6.07) is 7.78. The van der Waals surface area contributed by atoms with Crippen LogP contribution in [-0.2, 0) is 16.1 Å². The van der Waals surface area contributed by atoms with Crippen molar-refractivity contribution in [1.82, 2.24) is 5.32 Å². The van der Waals surface area contributed by atoms with Crippen LogP contribution in [-0.4, -0.2) is 32.4 Å². The van der Waals surface area contributed by atoms with Gasteiger partial charge in [0.1, 0.15) is 0 Å². The summed E-state index contributed by atoms with van der Waals surface area (Å²) in [6.45, 7) is 8.04. The third-order valence-corrected chi connectivity index (χ3v) is 3.13. The van der Waals surface area contributed by atoms with Gasteiger partial charge in [-0.1, -0.05) is 29.8 Å². The molecule has 0 spiro atoms. The number of hydrogen-bond acceptors (Lipinski definition) is 3. The molecule has 3 nitrogen and oxygen atoms in total. The summed E-state index contributed by atoms with van der Waals surface area (Å²) in [5.41, 5.74) is 1.03. The quantitative estimate of drug-likeness (QED) is 0.669. The van der Waals surface area contributed by atoms with Crippen molar-refractivity contribution < 1.29 is 9.47 Å². The highest BCUT2D eigenvalue weighted by molar-refractivity contribution is 6.31. The maximum Gasteiger partial charge on any atom is 0.0735 e. The molecule has 108 valence electrons. The predicted octanol–water partition coefficient (Wildman–Crippen LogP) is 3.26. The first kappa shape index (κ1) is 16.4. The second-order valence-electron chi connectivity index (χ2n) is 4.47. The summed E-state index contributed by atoms with van der Waals surface area (Å²) in [5.74, 6) is 0. The number of halogens is 1. The minimum Gasteiger partial charge on any atom is -0.382 e. The van der Waals surface area contributed by atoms with E-state index in [4.69, 9.17) is 21.1 Å². The molecule has 1 rings (SSSR count). The fourth-order valence-corrected chi connectivity index (χ4v) is 1.85. The lowest BCUT2D eigenvalue weighted by atomic mass is 10.2. The lowest BCUT2D eigenvalue weighted by molar-refractivity contribution is 0.0527. The van der Waals surface area contributed by atoms with E-state index in [1.54, 1.807) is 0 Å². The van der Waals surface area contributed by atoms with Crippen LogP contribution in [0.15, 0.2) is 24.3 Å². The average Bonchev–Trinajstić information content (AvgIpc) is 2.42. The highest BCUT2D eigenvalue weighted by Crippen LogP contribution is 2.16. The van der Waals surface area contributed by atoms with Gasteiger partial charge in [-0.25, -0.2) is 0 Å². The molecule has 1 aromatic carbocycles. The molecule has 0 fully saturated rings. The first-order valence-electron chi connectivity index (χ1n) is 6.87. The molecular formula is C15H24ClNO2. The van der Waals surface area contributed by atoms with E-state index in [1.165, 1.54) is 0 Å². The van der Waals surface area contributed by atoms with Crippen molar-refractivity contribution in [1.29, 1.82) is 0 Å². The standard InChI is InChI=1S/C15H24ClNO2/c1-3-18-10-6-9-17-11-13(2)19-12-14-7-4-5-8-15(14)16/h4-5,7-8,13,17H,3,6,9-12H2,1-2H3. The van der Waals surface area contributed by atoms with E-state index in [-0.39, 0.29) is 6.10 Å². The van der Waals surface area contributed by atoms with E-state index in [0.29, 0.717) is 6.61 Å². The summed E-state index contributed by atoms with van der Waals surface area (Å²) < 4.78 is 11.0. The molecule has 0 saturated carbocycles. The van der Waals surface area contributed by atoms with Gasteiger partial charge in [0.2, 0.25) is 0 Å². The lowest BCUT2D eigenvalue weighted by Gasteiger charge is -2.14. The van der Waals surface area contributed by atoms with Crippen LogP contribution in [0.5, 0.6) is 0 Å². The zero-order chi connectivity index (χ0) is 13.9. The lowest BCUT2D eigenvalue weighted by Crippen LogP contribution is -2.28. The molecule has 0 aliphatic heterocycles. The monoisotopic (exact) mass is 285 g/mol. The number of hydrogen-bond donors (Lipinski definition) is 1. The summed E-state index contributed by atoms with van der Waals surface area (Å²) in [5, 5.41) is 4.12. The molecule has 0 radical (unpaired) electrons. The van der Waals surface area contributed by atoms with Crippen molar-refractivity contribution in [2.45, 2.75) is 33.0 Å². The zero-order valence-electron chi connectivity index (χ0n) is 11.8. The molecule has 0 aliphatic carbocycles. The molecule has 0 saturated heterocycles. The second-order valence-corrected chi connectivity index (χ2v) is 4.87. The maximum atomic E-state index is 6.07. The first-order valence-corrected chi connectivity index (χ1v) is 7.25. The van der Waals surface area contributed by atoms with Crippen LogP contribution < -0.4 is 5.32 Å². The molecule has 0 bridgehead atoms. The molecule has 0 amide bonds. The van der Waals surface area contributed by atoms with Gasteiger partial charge in [-0.3, -0.25) is 0 Å². The van der Waals surface area contributed by atoms with Gasteiger partial charge >= 0.3 is 0 Å². The van der Waals surface area contributed by atoms with Crippen molar-refractivity contribution in [2.75, 3.05) is 26.3 Å². The van der Waals surface area contributed by atoms with Gasteiger partial charge in [-0.2, -0.15) is 0 Å². The van der Waals surface area contributed by atoms with Gasteiger partial charge in [0, 0.05) is 24.8 Å². The van der Waals surface area contributed by atoms with Crippen LogP contribution in [0.4, 0.5) is 0 Å². The van der Waals surface area contributed by atoms with E-state index in [0.717, 1.165) is 43.3 Å². The minimum atomic E-state index is 0.170. The number of ether oxygens (including phenoxy) is 2. The van der Waals surface area contributed by atoms with E-state index in [9.17, 15) is 0 Å². The van der Waals surface area contributed by atoms with Crippen LogP contribution in [0.1, 0.15) is 25.8 Å². The Morgan fingerprint density at radius 1 is 1.32 bits per heavy atom. The van der Waals surface area contributed by atoms with Crippen LogP contribution >= 0.6 is 11.6 Å². The predicted molar refractivity (Wildman–Crippen MR) is 79.7 cm³/mol. The van der Waals surface area contributed by atoms with Gasteiger partial charge in [0.15, 0.2) is 0 Å². The highest BCUT2D eigenvalue weighted by atomic mass is 35.5. The average molecular weight is 286 g/mol. The molecule has 1 atom stereocenters. The van der Waals surface area contributed by atoms with Gasteiger partial charge in [0.05, 0.1) is 12.7 Å². The largest absolute Gasteiger partial charge is 0.382 e. The van der Waals surface area contributed by atoms with Crippen LogP contribution in [0.25, 0.3) is 0 Å². The highest BCUT2D eigenvalue weighted by Gasteiger charge is 2.04. The molecule has 1 unspecified atom stereocenters. The Kier molecular flexibility index (Phi) is 8.84. The summed E-state index contributed by atoms with van der Waals surface area (Å²) >= 11 is 6.07. The molecule has 1 aromatic rings. The Balaban J connectivity index is 2.08. The molecule has 0 aromatic heterocycles. The summed E-state index contributed by atoms with van der Waals surface area (Å²) in [4.78, 5) is 0. The zero-order valence-corrected chi connectivity index (χ0v) is 12.6. The van der Waals surface area contributed by atoms with Gasteiger partial charge in [-0.05, 0) is 38.4 Å². The fourth-order valence-electron chi connectivity index (χ4n) is 1.66. The van der Waals surface area contributed by atoms with Crippen molar-refractivity contribution >= 4 is 11.6 Å². The van der Waals surface area contributed by atoms with Crippen molar-refractivity contribution in [3.05, 3.63) is 34.9 Å². The van der Waals surface area contributed by atoms with Gasteiger partial charge in [0.25, 0.3) is 0 Å². The van der Waals surface area contributed by atoms with E-state index in [2.05, 4.69) is 12.2 Å². The number of benzene rings is 1. The van der Waals surface area contributed by atoms with E-state index in [1.807, 2.05) is 31.2 Å². The fraction of sp³-hybridized carbons (Fsp3) is 0.600. The number of nitrogens with one attached hydrogen (secondary N) is 1. The Morgan fingerprint density at radius 2 is 2.11 bits per heavy atom. The van der Waals surface area contributed by atoms with Gasteiger partial charge in [-0.15, -0.1) is 0 Å². The molecule has 0 aliphatic rings. The third kappa shape index (κ3) is 7.53. The molecule has 4 heteroatoms. The van der Waals surface area contributed by atoms with Crippen molar-refractivity contribution in [3.8, 4) is 0 Å². The maximum absolute atomic E-state index is 6.07. The van der Waals surface area contributed by atoms with Crippen molar-refractivity contribution in [3.63, 3.8) is 0 Å². The molecular weight excluding hydrogens is 262 g/mol. The Bertz CT molecular complexity index is 347. The van der Waals surface area contributed by atoms with Crippen molar-refractivity contribution in [2.24, 2.45) is 0 Å². The molecule has 19 heavy (non-hydrogen) atoms. The summed E-state index contributed by atoms with van der Waals surface area (Å²) in [6.07, 6.45) is 1.20.